The molecule has 1 saturated carbocycles. The fourth-order valence-electron chi connectivity index (χ4n) is 3.22. The summed E-state index contributed by atoms with van der Waals surface area (Å²) in [5, 5.41) is 9.18. The smallest absolute Gasteiger partial charge is 0.261 e. The molecule has 3 heterocycles. The Morgan fingerprint density at radius 1 is 1.33 bits per heavy atom. The van der Waals surface area contributed by atoms with Gasteiger partial charge in [0.05, 0.1) is 4.88 Å². The number of carbonyl (C=O) groups excluding carboxylic acids is 1. The van der Waals surface area contributed by atoms with Crippen LogP contribution < -0.4 is 11.1 Å². The van der Waals surface area contributed by atoms with E-state index >= 15 is 0 Å². The molecule has 7 heteroatoms. The average molecular weight is 341 g/mol. The first-order valence-corrected chi connectivity index (χ1v) is 9.06. The molecule has 0 aromatic carbocycles. The molecule has 6 nitrogen and oxygen atoms in total. The van der Waals surface area contributed by atoms with Crippen LogP contribution in [0.15, 0.2) is 29.8 Å². The van der Waals surface area contributed by atoms with E-state index in [0.717, 1.165) is 22.5 Å². The van der Waals surface area contributed by atoms with Crippen LogP contribution in [0.5, 0.6) is 0 Å². The van der Waals surface area contributed by atoms with Crippen molar-refractivity contribution in [1.29, 1.82) is 0 Å². The van der Waals surface area contributed by atoms with Crippen LogP contribution in [0.3, 0.4) is 0 Å². The Kier molecular flexibility index (Phi) is 3.93. The number of nitrogens with one attached hydrogen (secondary N) is 1. The fraction of sp³-hybridized carbons (Fsp3) is 0.353. The lowest BCUT2D eigenvalue weighted by atomic mass is 10.1. The zero-order chi connectivity index (χ0) is 16.5. The molecular weight excluding hydrogens is 322 g/mol. The third kappa shape index (κ3) is 2.99. The van der Waals surface area contributed by atoms with E-state index in [-0.39, 0.29) is 11.9 Å². The number of amides is 1. The van der Waals surface area contributed by atoms with Gasteiger partial charge in [-0.15, -0.1) is 16.4 Å². The van der Waals surface area contributed by atoms with Crippen molar-refractivity contribution in [2.45, 2.75) is 25.7 Å². The molecule has 1 amide bonds. The predicted octanol–water partition coefficient (Wildman–Crippen LogP) is 2.96. The van der Waals surface area contributed by atoms with Crippen LogP contribution in [0.1, 0.15) is 35.4 Å². The minimum Gasteiger partial charge on any atom is -0.366 e. The molecule has 1 aliphatic rings. The van der Waals surface area contributed by atoms with Crippen LogP contribution in [0.2, 0.25) is 0 Å². The quantitative estimate of drug-likeness (QED) is 0.764. The van der Waals surface area contributed by atoms with Gasteiger partial charge in [-0.3, -0.25) is 4.79 Å². The van der Waals surface area contributed by atoms with E-state index in [0.29, 0.717) is 11.6 Å². The Labute approximate surface area is 143 Å². The van der Waals surface area contributed by atoms with Crippen molar-refractivity contribution in [3.05, 3.63) is 34.7 Å². The number of rotatable bonds is 4. The lowest BCUT2D eigenvalue weighted by Crippen LogP contribution is -2.27. The van der Waals surface area contributed by atoms with Gasteiger partial charge in [0.25, 0.3) is 5.91 Å². The number of anilines is 1. The highest BCUT2D eigenvalue weighted by molar-refractivity contribution is 7.12. The van der Waals surface area contributed by atoms with Crippen LogP contribution in [0.4, 0.5) is 5.95 Å². The molecule has 1 fully saturated rings. The molecule has 0 saturated heterocycles. The standard InChI is InChI=1S/C17H19N5OS/c18-17-20-15-6-5-12(9-22(15)21-17)13-7-14(24-10-13)16(23)19-8-11-3-1-2-4-11/h5-7,9-11H,1-4,8H2,(H2,18,21)(H,19,23). The van der Waals surface area contributed by atoms with Gasteiger partial charge in [0.2, 0.25) is 5.95 Å². The van der Waals surface area contributed by atoms with Gasteiger partial charge in [-0.05, 0) is 47.9 Å². The number of pyridine rings is 1. The van der Waals surface area contributed by atoms with E-state index in [9.17, 15) is 4.79 Å². The molecule has 124 valence electrons. The number of nitrogens with two attached hydrogens (primary N) is 1. The number of nitrogens with zero attached hydrogens (tertiary/aromatic N) is 3. The number of hydrogen-bond acceptors (Lipinski definition) is 5. The Bertz CT molecular complexity index is 878. The minimum atomic E-state index is 0.0178. The molecule has 1 aliphatic carbocycles. The topological polar surface area (TPSA) is 85.3 Å². The first-order valence-electron chi connectivity index (χ1n) is 8.18. The van der Waals surface area contributed by atoms with Gasteiger partial charge >= 0.3 is 0 Å². The molecular formula is C17H19N5OS. The monoisotopic (exact) mass is 341 g/mol. The zero-order valence-corrected chi connectivity index (χ0v) is 14.1. The summed E-state index contributed by atoms with van der Waals surface area (Å²) in [5.74, 6) is 0.919. The van der Waals surface area contributed by atoms with Gasteiger partial charge in [0.15, 0.2) is 5.65 Å². The maximum absolute atomic E-state index is 12.3. The number of aromatic nitrogens is 3. The third-order valence-corrected chi connectivity index (χ3v) is 5.46. The van der Waals surface area contributed by atoms with Crippen molar-refractivity contribution in [2.75, 3.05) is 12.3 Å². The van der Waals surface area contributed by atoms with Crippen molar-refractivity contribution < 1.29 is 4.79 Å². The van der Waals surface area contributed by atoms with Crippen molar-refractivity contribution >= 4 is 28.8 Å². The lowest BCUT2D eigenvalue weighted by Gasteiger charge is -2.09. The summed E-state index contributed by atoms with van der Waals surface area (Å²) in [6.45, 7) is 0.788. The highest BCUT2D eigenvalue weighted by Crippen LogP contribution is 2.27. The van der Waals surface area contributed by atoms with Crippen LogP contribution >= 0.6 is 11.3 Å². The Balaban J connectivity index is 1.49. The van der Waals surface area contributed by atoms with Gasteiger partial charge in [-0.25, -0.2) is 4.52 Å². The van der Waals surface area contributed by atoms with Crippen molar-refractivity contribution in [3.63, 3.8) is 0 Å². The number of carbonyl (C=O) groups is 1. The van der Waals surface area contributed by atoms with Gasteiger partial charge in [0.1, 0.15) is 0 Å². The summed E-state index contributed by atoms with van der Waals surface area (Å²) in [6, 6.07) is 5.76. The molecule has 3 aromatic heterocycles. The van der Waals surface area contributed by atoms with Gasteiger partial charge in [-0.2, -0.15) is 4.98 Å². The summed E-state index contributed by atoms with van der Waals surface area (Å²) < 4.78 is 1.65. The summed E-state index contributed by atoms with van der Waals surface area (Å²) in [6.07, 6.45) is 6.92. The second kappa shape index (κ2) is 6.24. The largest absolute Gasteiger partial charge is 0.366 e. The number of thiophene rings is 1. The first kappa shape index (κ1) is 15.1. The highest BCUT2D eigenvalue weighted by Gasteiger charge is 2.17. The summed E-state index contributed by atoms with van der Waals surface area (Å²) in [7, 11) is 0. The Morgan fingerprint density at radius 3 is 3.00 bits per heavy atom. The van der Waals surface area contributed by atoms with E-state index in [1.54, 1.807) is 4.52 Å². The fourth-order valence-corrected chi connectivity index (χ4v) is 4.05. The molecule has 0 atom stereocenters. The highest BCUT2D eigenvalue weighted by atomic mass is 32.1. The van der Waals surface area contributed by atoms with Crippen LogP contribution in [0.25, 0.3) is 16.8 Å². The molecule has 0 radical (unpaired) electrons. The second-order valence-electron chi connectivity index (χ2n) is 6.25. The SMILES string of the molecule is Nc1nc2ccc(-c3csc(C(=O)NCC4CCCC4)c3)cn2n1. The molecule has 0 bridgehead atoms. The molecule has 0 spiro atoms. The zero-order valence-electron chi connectivity index (χ0n) is 13.2. The van der Waals surface area contributed by atoms with Gasteiger partial charge in [-0.1, -0.05) is 12.8 Å². The maximum atomic E-state index is 12.3. The van der Waals surface area contributed by atoms with Crippen LogP contribution in [-0.4, -0.2) is 27.0 Å². The average Bonchev–Trinajstić information content (AvgIpc) is 3.31. The van der Waals surface area contributed by atoms with E-state index in [1.807, 2.05) is 29.8 Å². The molecule has 0 aliphatic heterocycles. The third-order valence-electron chi connectivity index (χ3n) is 4.53. The number of nitrogen functional groups attached to an aromatic ring is 1. The van der Waals surface area contributed by atoms with E-state index < -0.39 is 0 Å². The Hall–Kier alpha value is -2.41. The molecule has 3 aromatic rings. The molecule has 24 heavy (non-hydrogen) atoms. The molecule has 0 unspecified atom stereocenters. The Morgan fingerprint density at radius 2 is 2.17 bits per heavy atom. The lowest BCUT2D eigenvalue weighted by molar-refractivity contribution is 0.0951. The molecule has 4 rings (SSSR count). The van der Waals surface area contributed by atoms with Gasteiger partial charge in [0, 0.05) is 18.3 Å². The van der Waals surface area contributed by atoms with Crippen molar-refractivity contribution in [3.8, 4) is 11.1 Å². The first-order chi connectivity index (χ1) is 11.7. The maximum Gasteiger partial charge on any atom is 0.261 e. The summed E-state index contributed by atoms with van der Waals surface area (Å²) in [4.78, 5) is 17.2. The number of fused-ring (bicyclic) bond motifs is 1. The van der Waals surface area contributed by atoms with E-state index in [1.165, 1.54) is 37.0 Å². The van der Waals surface area contributed by atoms with Gasteiger partial charge < -0.3 is 11.1 Å². The van der Waals surface area contributed by atoms with Crippen molar-refractivity contribution in [1.82, 2.24) is 19.9 Å². The molecule has 3 N–H and O–H groups in total. The van der Waals surface area contributed by atoms with Crippen LogP contribution in [-0.2, 0) is 0 Å². The van der Waals surface area contributed by atoms with Crippen LogP contribution in [0, 0.1) is 5.92 Å². The normalized spacial score (nSPS) is 15.2. The summed E-state index contributed by atoms with van der Waals surface area (Å²) >= 11 is 1.46. The van der Waals surface area contributed by atoms with E-state index in [4.69, 9.17) is 5.73 Å². The minimum absolute atomic E-state index is 0.0178. The second-order valence-corrected chi connectivity index (χ2v) is 7.16. The summed E-state index contributed by atoms with van der Waals surface area (Å²) in [5.41, 5.74) is 8.31. The van der Waals surface area contributed by atoms with Crippen molar-refractivity contribution in [2.24, 2.45) is 5.92 Å². The number of hydrogen-bond donors (Lipinski definition) is 2. The predicted molar refractivity (Wildman–Crippen MR) is 95.0 cm³/mol. The van der Waals surface area contributed by atoms with E-state index in [2.05, 4.69) is 15.4 Å².